The van der Waals surface area contributed by atoms with Crippen molar-refractivity contribution in [1.82, 2.24) is 9.88 Å². The van der Waals surface area contributed by atoms with Crippen molar-refractivity contribution in [2.24, 2.45) is 7.05 Å². The molecule has 3 aromatic rings. The first kappa shape index (κ1) is 13.8. The average molecular weight is 312 g/mol. The number of nitrogens with zero attached hydrogens (tertiary/aromatic N) is 1. The number of benzene rings is 1. The van der Waals surface area contributed by atoms with E-state index in [4.69, 9.17) is 13.9 Å². The number of amides is 1. The van der Waals surface area contributed by atoms with Gasteiger partial charge in [-0.2, -0.15) is 0 Å². The summed E-state index contributed by atoms with van der Waals surface area (Å²) in [4.78, 5) is 12.3. The maximum atomic E-state index is 12.3. The average Bonchev–Trinajstić information content (AvgIpc) is 3.24. The number of hydrogen-bond donors (Lipinski definition) is 1. The van der Waals surface area contributed by atoms with Crippen LogP contribution in [0.4, 0.5) is 0 Å². The number of fused-ring (bicyclic) bond motifs is 2. The van der Waals surface area contributed by atoms with Crippen LogP contribution in [-0.2, 0) is 13.5 Å². The second-order valence-corrected chi connectivity index (χ2v) is 5.45. The highest BCUT2D eigenvalue weighted by atomic mass is 16.7. The Morgan fingerprint density at radius 1 is 1.22 bits per heavy atom. The summed E-state index contributed by atoms with van der Waals surface area (Å²) in [5.41, 5.74) is 3.31. The summed E-state index contributed by atoms with van der Waals surface area (Å²) >= 11 is 0. The van der Waals surface area contributed by atoms with Crippen LogP contribution >= 0.6 is 0 Å². The monoisotopic (exact) mass is 312 g/mol. The predicted octanol–water partition coefficient (Wildman–Crippen LogP) is 2.47. The molecule has 4 rings (SSSR count). The van der Waals surface area contributed by atoms with Gasteiger partial charge in [0, 0.05) is 25.7 Å². The molecule has 0 radical (unpaired) electrons. The van der Waals surface area contributed by atoms with Gasteiger partial charge in [-0.15, -0.1) is 0 Å². The van der Waals surface area contributed by atoms with E-state index in [0.717, 1.165) is 29.0 Å². The van der Waals surface area contributed by atoms with Crippen molar-refractivity contribution in [2.75, 3.05) is 13.3 Å². The number of hydrogen-bond acceptors (Lipinski definition) is 4. The van der Waals surface area contributed by atoms with Gasteiger partial charge in [-0.05, 0) is 24.1 Å². The van der Waals surface area contributed by atoms with Crippen molar-refractivity contribution in [3.8, 4) is 11.5 Å². The van der Waals surface area contributed by atoms with Crippen LogP contribution in [0.5, 0.6) is 11.5 Å². The quantitative estimate of drug-likeness (QED) is 0.804. The van der Waals surface area contributed by atoms with Gasteiger partial charge in [0.2, 0.25) is 6.79 Å². The van der Waals surface area contributed by atoms with Crippen molar-refractivity contribution in [1.29, 1.82) is 0 Å². The summed E-state index contributed by atoms with van der Waals surface area (Å²) in [5.74, 6) is 1.42. The Morgan fingerprint density at radius 3 is 2.96 bits per heavy atom. The van der Waals surface area contributed by atoms with Gasteiger partial charge in [0.1, 0.15) is 5.69 Å². The Bertz CT molecular complexity index is 878. The van der Waals surface area contributed by atoms with E-state index in [9.17, 15) is 4.79 Å². The second-order valence-electron chi connectivity index (χ2n) is 5.45. The highest BCUT2D eigenvalue weighted by molar-refractivity contribution is 5.97. The molecule has 0 atom stereocenters. The molecule has 0 bridgehead atoms. The van der Waals surface area contributed by atoms with E-state index in [1.165, 1.54) is 0 Å². The van der Waals surface area contributed by atoms with Gasteiger partial charge < -0.3 is 23.8 Å². The maximum Gasteiger partial charge on any atom is 0.268 e. The number of carbonyl (C=O) groups excluding carboxylic acids is 1. The minimum Gasteiger partial charge on any atom is -0.463 e. The lowest BCUT2D eigenvalue weighted by Gasteiger charge is -2.07. The highest BCUT2D eigenvalue weighted by Gasteiger charge is 2.15. The normalized spacial score (nSPS) is 12.7. The molecule has 0 unspecified atom stereocenters. The molecule has 0 aliphatic carbocycles. The lowest BCUT2D eigenvalue weighted by molar-refractivity contribution is 0.0946. The molecule has 0 saturated heterocycles. The molecule has 2 aromatic heterocycles. The molecular weight excluding hydrogens is 296 g/mol. The molecule has 6 heteroatoms. The molecule has 23 heavy (non-hydrogen) atoms. The molecule has 118 valence electrons. The van der Waals surface area contributed by atoms with Crippen LogP contribution in [0.3, 0.4) is 0 Å². The zero-order valence-electron chi connectivity index (χ0n) is 12.7. The fourth-order valence-electron chi connectivity index (χ4n) is 2.78. The molecule has 0 saturated carbocycles. The lowest BCUT2D eigenvalue weighted by atomic mass is 10.1. The van der Waals surface area contributed by atoms with Crippen LogP contribution in [0.15, 0.2) is 41.0 Å². The molecule has 1 amide bonds. The van der Waals surface area contributed by atoms with Gasteiger partial charge in [-0.25, -0.2) is 0 Å². The van der Waals surface area contributed by atoms with E-state index in [0.29, 0.717) is 17.8 Å². The molecule has 1 N–H and O–H groups in total. The minimum absolute atomic E-state index is 0.111. The molecule has 1 aromatic carbocycles. The molecule has 1 aliphatic heterocycles. The Morgan fingerprint density at radius 2 is 2.09 bits per heavy atom. The number of ether oxygens (including phenoxy) is 2. The van der Waals surface area contributed by atoms with Crippen LogP contribution in [0.25, 0.3) is 11.1 Å². The Labute approximate surface area is 132 Å². The van der Waals surface area contributed by atoms with E-state index >= 15 is 0 Å². The van der Waals surface area contributed by atoms with Gasteiger partial charge in [-0.1, -0.05) is 6.07 Å². The smallest absolute Gasteiger partial charge is 0.268 e. The summed E-state index contributed by atoms with van der Waals surface area (Å²) in [6.45, 7) is 0.815. The first-order chi connectivity index (χ1) is 11.2. The summed E-state index contributed by atoms with van der Waals surface area (Å²) in [6, 6.07) is 9.43. The first-order valence-corrected chi connectivity index (χ1v) is 7.42. The van der Waals surface area contributed by atoms with Crippen LogP contribution in [0, 0.1) is 0 Å². The van der Waals surface area contributed by atoms with Crippen LogP contribution in [0.1, 0.15) is 16.1 Å². The summed E-state index contributed by atoms with van der Waals surface area (Å²) < 4.78 is 17.8. The van der Waals surface area contributed by atoms with Crippen molar-refractivity contribution in [2.45, 2.75) is 6.42 Å². The molecule has 3 heterocycles. The Hall–Kier alpha value is -2.89. The third-order valence-electron chi connectivity index (χ3n) is 4.03. The van der Waals surface area contributed by atoms with E-state index in [-0.39, 0.29) is 12.7 Å². The second kappa shape index (κ2) is 5.39. The van der Waals surface area contributed by atoms with Crippen molar-refractivity contribution < 1.29 is 18.7 Å². The fraction of sp³-hybridized carbons (Fsp3) is 0.235. The van der Waals surface area contributed by atoms with E-state index in [1.807, 2.05) is 35.9 Å². The summed E-state index contributed by atoms with van der Waals surface area (Å²) in [5, 5.41) is 2.93. The van der Waals surface area contributed by atoms with Crippen LogP contribution in [0.2, 0.25) is 0 Å². The van der Waals surface area contributed by atoms with E-state index in [2.05, 4.69) is 5.32 Å². The molecule has 1 aliphatic rings. The standard InChI is InChI=1S/C17H16N2O4/c1-19-12-5-7-21-15(12)9-13(19)17(20)18-6-4-11-2-3-14-16(8-11)23-10-22-14/h2-3,5,7-9H,4,6,10H2,1H3,(H,18,20). The number of furan rings is 1. The van der Waals surface area contributed by atoms with Crippen molar-refractivity contribution >= 4 is 17.0 Å². The summed E-state index contributed by atoms with van der Waals surface area (Å²) in [7, 11) is 1.85. The summed E-state index contributed by atoms with van der Waals surface area (Å²) in [6.07, 6.45) is 2.34. The van der Waals surface area contributed by atoms with Crippen LogP contribution < -0.4 is 14.8 Å². The number of carbonyl (C=O) groups is 1. The van der Waals surface area contributed by atoms with Gasteiger partial charge in [0.15, 0.2) is 17.1 Å². The van der Waals surface area contributed by atoms with Crippen molar-refractivity contribution in [3.63, 3.8) is 0 Å². The predicted molar refractivity (Wildman–Crippen MR) is 83.8 cm³/mol. The van der Waals surface area contributed by atoms with Crippen LogP contribution in [-0.4, -0.2) is 23.8 Å². The van der Waals surface area contributed by atoms with Gasteiger partial charge in [-0.3, -0.25) is 4.79 Å². The molecule has 6 nitrogen and oxygen atoms in total. The Balaban J connectivity index is 1.40. The maximum absolute atomic E-state index is 12.3. The van der Waals surface area contributed by atoms with E-state index in [1.54, 1.807) is 12.3 Å². The number of aryl methyl sites for hydroxylation is 1. The largest absolute Gasteiger partial charge is 0.463 e. The van der Waals surface area contributed by atoms with Gasteiger partial charge in [0.25, 0.3) is 5.91 Å². The zero-order chi connectivity index (χ0) is 15.8. The zero-order valence-corrected chi connectivity index (χ0v) is 12.7. The third kappa shape index (κ3) is 2.42. The number of rotatable bonds is 4. The number of nitrogens with one attached hydrogen (secondary N) is 1. The minimum atomic E-state index is -0.111. The fourth-order valence-corrected chi connectivity index (χ4v) is 2.78. The number of aromatic nitrogens is 1. The van der Waals surface area contributed by atoms with Crippen molar-refractivity contribution in [3.05, 3.63) is 47.9 Å². The SMILES string of the molecule is Cn1c(C(=O)NCCc2ccc3c(c2)OCO3)cc2occc21. The third-order valence-corrected chi connectivity index (χ3v) is 4.03. The highest BCUT2D eigenvalue weighted by Crippen LogP contribution is 2.32. The first-order valence-electron chi connectivity index (χ1n) is 7.42. The lowest BCUT2D eigenvalue weighted by Crippen LogP contribution is -2.27. The molecule has 0 spiro atoms. The van der Waals surface area contributed by atoms with Gasteiger partial charge >= 0.3 is 0 Å². The van der Waals surface area contributed by atoms with Gasteiger partial charge in [0.05, 0.1) is 11.8 Å². The topological polar surface area (TPSA) is 65.6 Å². The molecule has 0 fully saturated rings. The van der Waals surface area contributed by atoms with E-state index < -0.39 is 0 Å². The molecular formula is C17H16N2O4. The Kier molecular flexibility index (Phi) is 3.22.